The molecule has 2 heterocycles. The van der Waals surface area contributed by atoms with Crippen LogP contribution in [0.5, 0.6) is 0 Å². The number of hydrogen-bond acceptors (Lipinski definition) is 4. The van der Waals surface area contributed by atoms with Crippen LogP contribution in [-0.2, 0) is 16.0 Å². The number of benzene rings is 1. The maximum atomic E-state index is 10.1. The van der Waals surface area contributed by atoms with E-state index in [-0.39, 0.29) is 23.7 Å². The topological polar surface area (TPSA) is 41.9 Å². The van der Waals surface area contributed by atoms with Gasteiger partial charge < -0.3 is 14.6 Å². The highest BCUT2D eigenvalue weighted by atomic mass is 16.7. The molecule has 1 N–H and O–H groups in total. The van der Waals surface area contributed by atoms with Gasteiger partial charge in [-0.3, -0.25) is 4.90 Å². The van der Waals surface area contributed by atoms with Crippen molar-refractivity contribution in [2.24, 2.45) is 16.7 Å². The number of rotatable bonds is 6. The Morgan fingerprint density at radius 1 is 1.25 bits per heavy atom. The van der Waals surface area contributed by atoms with E-state index in [2.05, 4.69) is 42.2 Å². The van der Waals surface area contributed by atoms with Crippen LogP contribution in [-0.4, -0.2) is 49.2 Å². The number of piperidine rings is 1. The lowest BCUT2D eigenvalue weighted by Gasteiger charge is -2.26. The lowest BCUT2D eigenvalue weighted by Crippen LogP contribution is -2.31. The minimum Gasteiger partial charge on any atom is -0.396 e. The fourth-order valence-electron chi connectivity index (χ4n) is 5.11. The van der Waals surface area contributed by atoms with Gasteiger partial charge in [0.1, 0.15) is 0 Å². The lowest BCUT2D eigenvalue weighted by atomic mass is 10.00. The Morgan fingerprint density at radius 2 is 2.08 bits per heavy atom. The van der Waals surface area contributed by atoms with Gasteiger partial charge in [-0.15, -0.1) is 0 Å². The van der Waals surface area contributed by atoms with Gasteiger partial charge >= 0.3 is 0 Å². The third kappa shape index (κ3) is 2.70. The van der Waals surface area contributed by atoms with Crippen molar-refractivity contribution in [2.75, 3.05) is 32.9 Å². The van der Waals surface area contributed by atoms with Crippen LogP contribution in [0.3, 0.4) is 0 Å². The molecule has 24 heavy (non-hydrogen) atoms. The third-order valence-electron chi connectivity index (χ3n) is 6.67. The molecule has 1 aromatic rings. The molecular formula is C20H29NO3. The summed E-state index contributed by atoms with van der Waals surface area (Å²) in [7, 11) is 0. The van der Waals surface area contributed by atoms with E-state index >= 15 is 0 Å². The molecule has 3 fully saturated rings. The van der Waals surface area contributed by atoms with E-state index in [4.69, 9.17) is 9.47 Å². The number of aliphatic hydroxyl groups is 1. The molecule has 0 bridgehead atoms. The Morgan fingerprint density at radius 3 is 2.75 bits per heavy atom. The Balaban J connectivity index is 1.35. The zero-order chi connectivity index (χ0) is 16.6. The van der Waals surface area contributed by atoms with Crippen LogP contribution in [0, 0.1) is 16.7 Å². The zero-order valence-electron chi connectivity index (χ0n) is 14.6. The van der Waals surface area contributed by atoms with Crippen LogP contribution in [0.2, 0.25) is 0 Å². The van der Waals surface area contributed by atoms with E-state index in [9.17, 15) is 5.11 Å². The van der Waals surface area contributed by atoms with Gasteiger partial charge in [-0.05, 0) is 36.2 Å². The van der Waals surface area contributed by atoms with E-state index in [1.54, 1.807) is 0 Å². The number of aliphatic hydroxyl groups excluding tert-OH is 1. The highest BCUT2D eigenvalue weighted by Crippen LogP contribution is 2.72. The number of likely N-dealkylation sites (tertiary alicyclic amines) is 1. The van der Waals surface area contributed by atoms with Crippen molar-refractivity contribution in [1.82, 2.24) is 4.90 Å². The molecule has 132 valence electrons. The molecule has 0 aromatic heterocycles. The van der Waals surface area contributed by atoms with Crippen LogP contribution < -0.4 is 0 Å². The van der Waals surface area contributed by atoms with Crippen LogP contribution in [0.4, 0.5) is 0 Å². The molecule has 2 aliphatic heterocycles. The molecule has 0 radical (unpaired) electrons. The minimum absolute atomic E-state index is 0.0104. The summed E-state index contributed by atoms with van der Waals surface area (Å²) in [6, 6.07) is 10.6. The van der Waals surface area contributed by atoms with E-state index < -0.39 is 0 Å². The van der Waals surface area contributed by atoms with Gasteiger partial charge in [-0.1, -0.05) is 37.3 Å². The molecule has 2 saturated heterocycles. The second kappa shape index (κ2) is 6.41. The SMILES string of the molecule is CC12CN(Cc3ccccc3)CC1(CO)C2COC1CCCCO1. The predicted octanol–water partition coefficient (Wildman–Crippen LogP) is 2.66. The van der Waals surface area contributed by atoms with Crippen molar-refractivity contribution < 1.29 is 14.6 Å². The maximum Gasteiger partial charge on any atom is 0.157 e. The van der Waals surface area contributed by atoms with Gasteiger partial charge in [0, 0.05) is 31.7 Å². The smallest absolute Gasteiger partial charge is 0.157 e. The fourth-order valence-corrected chi connectivity index (χ4v) is 5.11. The Labute approximate surface area is 144 Å². The summed E-state index contributed by atoms with van der Waals surface area (Å²) in [5, 5.41) is 10.1. The molecule has 4 heteroatoms. The second-order valence-corrected chi connectivity index (χ2v) is 8.04. The standard InChI is InChI=1S/C20H29NO3/c1-19-13-21(11-16-7-3-2-4-8-16)14-20(19,15-22)17(19)12-24-18-9-5-6-10-23-18/h2-4,7-8,17-18,22H,5-6,9-15H2,1H3. The average molecular weight is 331 g/mol. The van der Waals surface area contributed by atoms with Gasteiger partial charge in [0.15, 0.2) is 6.29 Å². The molecule has 1 aromatic carbocycles. The highest BCUT2D eigenvalue weighted by Gasteiger charge is 2.76. The molecule has 4 nitrogen and oxygen atoms in total. The quantitative estimate of drug-likeness (QED) is 0.870. The molecular weight excluding hydrogens is 302 g/mol. The van der Waals surface area contributed by atoms with Crippen molar-refractivity contribution in [2.45, 2.75) is 39.0 Å². The Hall–Kier alpha value is -0.940. The predicted molar refractivity (Wildman–Crippen MR) is 92.4 cm³/mol. The van der Waals surface area contributed by atoms with Crippen molar-refractivity contribution >= 4 is 0 Å². The number of fused-ring (bicyclic) bond motifs is 1. The summed E-state index contributed by atoms with van der Waals surface area (Å²) in [5.41, 5.74) is 1.53. The van der Waals surface area contributed by atoms with Gasteiger partial charge in [0.05, 0.1) is 13.2 Å². The summed E-state index contributed by atoms with van der Waals surface area (Å²) >= 11 is 0. The molecule has 4 atom stereocenters. The zero-order valence-corrected chi connectivity index (χ0v) is 14.6. The van der Waals surface area contributed by atoms with Crippen LogP contribution >= 0.6 is 0 Å². The summed E-state index contributed by atoms with van der Waals surface area (Å²) in [6.45, 7) is 7.11. The van der Waals surface area contributed by atoms with Gasteiger partial charge in [0.25, 0.3) is 0 Å². The molecule has 4 unspecified atom stereocenters. The Kier molecular flexibility index (Phi) is 4.42. The summed E-state index contributed by atoms with van der Waals surface area (Å²) in [6.07, 6.45) is 3.33. The largest absolute Gasteiger partial charge is 0.396 e. The Bertz CT molecular complexity index is 559. The molecule has 0 amide bonds. The van der Waals surface area contributed by atoms with Gasteiger partial charge in [0.2, 0.25) is 0 Å². The number of ether oxygens (including phenoxy) is 2. The van der Waals surface area contributed by atoms with E-state index in [1.165, 1.54) is 12.0 Å². The first-order chi connectivity index (χ1) is 11.7. The van der Waals surface area contributed by atoms with Gasteiger partial charge in [-0.2, -0.15) is 0 Å². The monoisotopic (exact) mass is 331 g/mol. The first-order valence-corrected chi connectivity index (χ1v) is 9.28. The van der Waals surface area contributed by atoms with Crippen LogP contribution in [0.25, 0.3) is 0 Å². The highest BCUT2D eigenvalue weighted by molar-refractivity contribution is 5.26. The molecule has 3 aliphatic rings. The van der Waals surface area contributed by atoms with Crippen molar-refractivity contribution in [3.63, 3.8) is 0 Å². The van der Waals surface area contributed by atoms with Crippen molar-refractivity contribution in [1.29, 1.82) is 0 Å². The molecule has 1 saturated carbocycles. The van der Waals surface area contributed by atoms with E-state index in [0.717, 1.165) is 45.7 Å². The third-order valence-corrected chi connectivity index (χ3v) is 6.67. The number of hydrogen-bond donors (Lipinski definition) is 1. The summed E-state index contributed by atoms with van der Waals surface area (Å²) in [5.74, 6) is 0.451. The normalized spacial score (nSPS) is 38.9. The fraction of sp³-hybridized carbons (Fsp3) is 0.700. The molecule has 1 aliphatic carbocycles. The van der Waals surface area contributed by atoms with Crippen LogP contribution in [0.1, 0.15) is 31.7 Å². The minimum atomic E-state index is -0.0279. The van der Waals surface area contributed by atoms with E-state index in [0.29, 0.717) is 5.92 Å². The number of nitrogens with zero attached hydrogens (tertiary/aromatic N) is 1. The second-order valence-electron chi connectivity index (χ2n) is 8.04. The molecule has 0 spiro atoms. The maximum absolute atomic E-state index is 10.1. The lowest BCUT2D eigenvalue weighted by molar-refractivity contribution is -0.167. The first kappa shape index (κ1) is 16.5. The van der Waals surface area contributed by atoms with Gasteiger partial charge in [-0.25, -0.2) is 0 Å². The van der Waals surface area contributed by atoms with Crippen molar-refractivity contribution in [3.05, 3.63) is 35.9 Å². The first-order valence-electron chi connectivity index (χ1n) is 9.28. The van der Waals surface area contributed by atoms with Crippen molar-refractivity contribution in [3.8, 4) is 0 Å². The summed E-state index contributed by atoms with van der Waals surface area (Å²) < 4.78 is 11.7. The molecule has 4 rings (SSSR count). The summed E-state index contributed by atoms with van der Waals surface area (Å²) in [4.78, 5) is 2.49. The average Bonchev–Trinajstić information content (AvgIpc) is 2.94. The van der Waals surface area contributed by atoms with Crippen LogP contribution in [0.15, 0.2) is 30.3 Å². The van der Waals surface area contributed by atoms with E-state index in [1.807, 2.05) is 0 Å².